The third-order valence-electron chi connectivity index (χ3n) is 5.87. The molecule has 8 heteroatoms. The van der Waals surface area contributed by atoms with E-state index in [9.17, 15) is 16.8 Å². The summed E-state index contributed by atoms with van der Waals surface area (Å²) in [7, 11) is -7.37. The number of sulfone groups is 2. The predicted octanol–water partition coefficient (Wildman–Crippen LogP) is 7.06. The Morgan fingerprint density at radius 3 is 1.11 bits per heavy atom. The highest BCUT2D eigenvalue weighted by molar-refractivity contribution is 7.91. The van der Waals surface area contributed by atoms with Crippen molar-refractivity contribution in [2.75, 3.05) is 0 Å². The summed E-state index contributed by atoms with van der Waals surface area (Å²) < 4.78 is 63.4. The summed E-state index contributed by atoms with van der Waals surface area (Å²) in [5, 5.41) is 0. The molecule has 0 unspecified atom stereocenters. The first kappa shape index (κ1) is 27.4. The van der Waals surface area contributed by atoms with Gasteiger partial charge < -0.3 is 9.47 Å². The molecule has 0 radical (unpaired) electrons. The lowest BCUT2D eigenvalue weighted by molar-refractivity contribution is 0.242. The van der Waals surface area contributed by atoms with Gasteiger partial charge in [-0.1, -0.05) is 26.0 Å². The lowest BCUT2D eigenvalue weighted by Gasteiger charge is -2.11. The van der Waals surface area contributed by atoms with Crippen molar-refractivity contribution < 1.29 is 26.3 Å². The molecule has 6 nitrogen and oxygen atoms in total. The smallest absolute Gasteiger partial charge is 0.206 e. The Morgan fingerprint density at radius 2 is 0.789 bits per heavy atom. The minimum Gasteiger partial charge on any atom is -0.491 e. The molecule has 0 atom stereocenters. The van der Waals surface area contributed by atoms with Crippen LogP contribution in [0, 0.1) is 0 Å². The van der Waals surface area contributed by atoms with E-state index in [-0.39, 0.29) is 25.7 Å². The Balaban J connectivity index is 1.46. The monoisotopic (exact) mass is 550 g/mol. The van der Waals surface area contributed by atoms with E-state index in [0.717, 1.165) is 5.56 Å². The van der Waals surface area contributed by atoms with Gasteiger partial charge in [0.15, 0.2) is 0 Å². The zero-order chi connectivity index (χ0) is 27.5. The van der Waals surface area contributed by atoms with Gasteiger partial charge in [-0.05, 0) is 110 Å². The van der Waals surface area contributed by atoms with E-state index in [1.165, 1.54) is 36.4 Å². The number of rotatable bonds is 9. The van der Waals surface area contributed by atoms with Crippen LogP contribution in [0.5, 0.6) is 17.2 Å². The third-order valence-corrected chi connectivity index (χ3v) is 9.44. The van der Waals surface area contributed by atoms with E-state index in [1.54, 1.807) is 48.5 Å². The molecule has 0 saturated carbocycles. The number of ether oxygens (including phenoxy) is 2. The number of hydrogen-bond donors (Lipinski definition) is 0. The molecule has 0 aliphatic carbocycles. The van der Waals surface area contributed by atoms with Gasteiger partial charge in [0, 0.05) is 0 Å². The summed E-state index contributed by atoms with van der Waals surface area (Å²) >= 11 is 0. The fraction of sp³-hybridized carbons (Fsp3) is 0.200. The average molecular weight is 551 g/mol. The van der Waals surface area contributed by atoms with Crippen molar-refractivity contribution in [3.63, 3.8) is 0 Å². The van der Waals surface area contributed by atoms with Crippen LogP contribution >= 0.6 is 0 Å². The first-order valence-electron chi connectivity index (χ1n) is 12.2. The van der Waals surface area contributed by atoms with Crippen molar-refractivity contribution in [1.82, 2.24) is 0 Å². The summed E-state index contributed by atoms with van der Waals surface area (Å²) in [4.78, 5) is 0.688. The highest BCUT2D eigenvalue weighted by Crippen LogP contribution is 2.29. The maximum absolute atomic E-state index is 13.0. The summed E-state index contributed by atoms with van der Waals surface area (Å²) in [6.45, 7) is 7.91. The van der Waals surface area contributed by atoms with E-state index in [2.05, 4.69) is 13.8 Å². The van der Waals surface area contributed by atoms with Gasteiger partial charge >= 0.3 is 0 Å². The zero-order valence-corrected chi connectivity index (χ0v) is 23.3. The number of hydrogen-bond acceptors (Lipinski definition) is 6. The van der Waals surface area contributed by atoms with Crippen LogP contribution in [0.15, 0.2) is 117 Å². The Labute approximate surface area is 224 Å². The minimum absolute atomic E-state index is 0.00689. The van der Waals surface area contributed by atoms with Crippen LogP contribution in [0.25, 0.3) is 0 Å². The van der Waals surface area contributed by atoms with Crippen LogP contribution < -0.4 is 9.47 Å². The van der Waals surface area contributed by atoms with Crippen LogP contribution in [-0.2, 0) is 19.7 Å². The second-order valence-electron chi connectivity index (χ2n) is 9.41. The van der Waals surface area contributed by atoms with Crippen molar-refractivity contribution in [2.45, 2.75) is 59.3 Å². The maximum Gasteiger partial charge on any atom is 0.206 e. The van der Waals surface area contributed by atoms with Crippen LogP contribution in [0.4, 0.5) is 0 Å². The van der Waals surface area contributed by atoms with Crippen molar-refractivity contribution in [3.05, 3.63) is 103 Å². The molecule has 4 aromatic carbocycles. The zero-order valence-electron chi connectivity index (χ0n) is 21.7. The minimum atomic E-state index is -3.71. The summed E-state index contributed by atoms with van der Waals surface area (Å²) in [6, 6.07) is 25.4. The first-order valence-corrected chi connectivity index (χ1v) is 15.2. The molecule has 0 fully saturated rings. The van der Waals surface area contributed by atoms with E-state index >= 15 is 0 Å². The quantitative estimate of drug-likeness (QED) is 0.222. The summed E-state index contributed by atoms with van der Waals surface area (Å²) in [6.07, 6.45) is -0.00689. The van der Waals surface area contributed by atoms with Gasteiger partial charge in [0.25, 0.3) is 0 Å². The van der Waals surface area contributed by atoms with Crippen molar-refractivity contribution in [2.24, 2.45) is 0 Å². The second-order valence-corrected chi connectivity index (χ2v) is 13.3. The van der Waals surface area contributed by atoms with E-state index in [0.29, 0.717) is 23.2 Å². The molecule has 0 N–H and O–H groups in total. The van der Waals surface area contributed by atoms with Crippen molar-refractivity contribution in [3.8, 4) is 17.2 Å². The molecule has 4 aromatic rings. The summed E-state index contributed by atoms with van der Waals surface area (Å²) in [5.74, 6) is 1.76. The molecule has 0 aliphatic rings. The molecular formula is C30H30O6S2. The molecule has 0 heterocycles. The molecule has 0 aliphatic heterocycles. The largest absolute Gasteiger partial charge is 0.491 e. The standard InChI is InChI=1S/C30H30O6S2/c1-21(2)23-5-13-27(14-6-23)37(31,32)29-17-9-25(10-18-29)36-26-11-19-30(20-12-26)38(33,34)28-15-7-24(8-16-28)35-22(3)4/h5-22H,1-4H3. The van der Waals surface area contributed by atoms with Gasteiger partial charge in [-0.3, -0.25) is 0 Å². The predicted molar refractivity (Wildman–Crippen MR) is 147 cm³/mol. The van der Waals surface area contributed by atoms with Gasteiger partial charge in [0.05, 0.1) is 25.7 Å². The van der Waals surface area contributed by atoms with E-state index in [4.69, 9.17) is 9.47 Å². The Hall–Kier alpha value is -3.62. The van der Waals surface area contributed by atoms with Crippen LogP contribution in [0.1, 0.15) is 39.2 Å². The second kappa shape index (κ2) is 11.0. The number of benzene rings is 4. The fourth-order valence-corrected chi connectivity index (χ4v) is 6.31. The maximum atomic E-state index is 13.0. The molecule has 4 rings (SSSR count). The van der Waals surface area contributed by atoms with Crippen molar-refractivity contribution in [1.29, 1.82) is 0 Å². The molecule has 0 aromatic heterocycles. The van der Waals surface area contributed by atoms with Crippen LogP contribution in [-0.4, -0.2) is 22.9 Å². The van der Waals surface area contributed by atoms with E-state index in [1.807, 2.05) is 26.0 Å². The van der Waals surface area contributed by atoms with Gasteiger partial charge in [-0.15, -0.1) is 0 Å². The third kappa shape index (κ3) is 6.09. The molecule has 0 spiro atoms. The molecule has 0 amide bonds. The molecule has 0 bridgehead atoms. The molecule has 198 valence electrons. The lowest BCUT2D eigenvalue weighted by atomic mass is 10.0. The highest BCUT2D eigenvalue weighted by Gasteiger charge is 2.19. The average Bonchev–Trinajstić information content (AvgIpc) is 2.89. The van der Waals surface area contributed by atoms with Crippen LogP contribution in [0.3, 0.4) is 0 Å². The Kier molecular flexibility index (Phi) is 7.94. The molecule has 38 heavy (non-hydrogen) atoms. The topological polar surface area (TPSA) is 86.7 Å². The van der Waals surface area contributed by atoms with Crippen LogP contribution in [0.2, 0.25) is 0 Å². The molecular weight excluding hydrogens is 520 g/mol. The van der Waals surface area contributed by atoms with Gasteiger partial charge in [0.2, 0.25) is 19.7 Å². The van der Waals surface area contributed by atoms with Gasteiger partial charge in [-0.25, -0.2) is 16.8 Å². The lowest BCUT2D eigenvalue weighted by Crippen LogP contribution is -2.06. The Bertz CT molecular complexity index is 1590. The first-order chi connectivity index (χ1) is 18.0. The molecule has 0 saturated heterocycles. The highest BCUT2D eigenvalue weighted by atomic mass is 32.2. The normalized spacial score (nSPS) is 12.1. The summed E-state index contributed by atoms with van der Waals surface area (Å²) in [5.41, 5.74) is 1.07. The SMILES string of the molecule is CC(C)Oc1ccc(S(=O)(=O)c2ccc(Oc3ccc(S(=O)(=O)c4ccc(C(C)C)cc4)cc3)cc2)cc1. The van der Waals surface area contributed by atoms with E-state index < -0.39 is 19.7 Å². The van der Waals surface area contributed by atoms with Gasteiger partial charge in [-0.2, -0.15) is 0 Å². The van der Waals surface area contributed by atoms with Gasteiger partial charge in [0.1, 0.15) is 17.2 Å². The fourth-order valence-electron chi connectivity index (χ4n) is 3.78. The van der Waals surface area contributed by atoms with Crippen molar-refractivity contribution >= 4 is 19.7 Å². The Morgan fingerprint density at radius 1 is 0.474 bits per heavy atom.